The van der Waals surface area contributed by atoms with Crippen molar-refractivity contribution >= 4 is 0 Å². The predicted molar refractivity (Wildman–Crippen MR) is 111 cm³/mol. The van der Waals surface area contributed by atoms with E-state index in [0.29, 0.717) is 5.41 Å². The fraction of sp³-hybridized carbons (Fsp3) is 0.375. The standard InChI is InChI=1S/C24H27N3O/c1-3-7-20(8-4-1)15-27-17-22(23(25-27)21-9-5-2-6-10-21)16-26-13-11-24(18-26)12-14-28-19-24/h1-10,17H,11-16,18-19H2. The van der Waals surface area contributed by atoms with Crippen LogP contribution in [-0.4, -0.2) is 41.0 Å². The fourth-order valence-electron chi connectivity index (χ4n) is 4.64. The highest BCUT2D eigenvalue weighted by Gasteiger charge is 2.41. The molecule has 0 aliphatic carbocycles. The number of ether oxygens (including phenoxy) is 1. The Balaban J connectivity index is 1.40. The highest BCUT2D eigenvalue weighted by Crippen LogP contribution is 2.39. The number of benzene rings is 2. The Labute approximate surface area is 166 Å². The van der Waals surface area contributed by atoms with E-state index in [9.17, 15) is 0 Å². The monoisotopic (exact) mass is 373 g/mol. The molecule has 1 spiro atoms. The van der Waals surface area contributed by atoms with Gasteiger partial charge in [0.1, 0.15) is 0 Å². The van der Waals surface area contributed by atoms with Gasteiger partial charge < -0.3 is 4.74 Å². The minimum atomic E-state index is 0.396. The van der Waals surface area contributed by atoms with Gasteiger partial charge in [0.05, 0.1) is 18.8 Å². The highest BCUT2D eigenvalue weighted by molar-refractivity contribution is 5.62. The van der Waals surface area contributed by atoms with Crippen LogP contribution in [-0.2, 0) is 17.8 Å². The predicted octanol–water partition coefficient (Wildman–Crippen LogP) is 4.21. The lowest BCUT2D eigenvalue weighted by Crippen LogP contribution is -2.27. The van der Waals surface area contributed by atoms with Crippen LogP contribution >= 0.6 is 0 Å². The smallest absolute Gasteiger partial charge is 0.0968 e. The first-order valence-electron chi connectivity index (χ1n) is 10.3. The van der Waals surface area contributed by atoms with Crippen LogP contribution in [0.1, 0.15) is 24.0 Å². The molecule has 0 amide bonds. The first-order chi connectivity index (χ1) is 13.8. The molecule has 0 radical (unpaired) electrons. The summed E-state index contributed by atoms with van der Waals surface area (Å²) in [4.78, 5) is 2.59. The Morgan fingerprint density at radius 3 is 2.46 bits per heavy atom. The van der Waals surface area contributed by atoms with Crippen molar-refractivity contribution in [3.05, 3.63) is 78.0 Å². The largest absolute Gasteiger partial charge is 0.381 e. The molecule has 2 aliphatic heterocycles. The van der Waals surface area contributed by atoms with Crippen molar-refractivity contribution in [2.24, 2.45) is 5.41 Å². The van der Waals surface area contributed by atoms with Crippen molar-refractivity contribution in [1.82, 2.24) is 14.7 Å². The zero-order valence-corrected chi connectivity index (χ0v) is 16.3. The molecule has 28 heavy (non-hydrogen) atoms. The van der Waals surface area contributed by atoms with Crippen molar-refractivity contribution in [3.63, 3.8) is 0 Å². The second kappa shape index (κ2) is 7.53. The summed E-state index contributed by atoms with van der Waals surface area (Å²) in [6.07, 6.45) is 4.71. The lowest BCUT2D eigenvalue weighted by Gasteiger charge is -2.21. The molecule has 0 N–H and O–H groups in total. The van der Waals surface area contributed by atoms with Crippen LogP contribution in [0.25, 0.3) is 11.3 Å². The van der Waals surface area contributed by atoms with Gasteiger partial charge in [-0.05, 0) is 24.9 Å². The summed E-state index contributed by atoms with van der Waals surface area (Å²) < 4.78 is 7.80. The minimum absolute atomic E-state index is 0.396. The molecule has 2 saturated heterocycles. The molecule has 2 aliphatic rings. The van der Waals surface area contributed by atoms with Crippen LogP contribution in [0.2, 0.25) is 0 Å². The Kier molecular flexibility index (Phi) is 4.75. The van der Waals surface area contributed by atoms with E-state index in [4.69, 9.17) is 9.84 Å². The van der Waals surface area contributed by atoms with Gasteiger partial charge in [-0.2, -0.15) is 5.10 Å². The van der Waals surface area contributed by atoms with E-state index >= 15 is 0 Å². The first-order valence-corrected chi connectivity index (χ1v) is 10.3. The number of hydrogen-bond acceptors (Lipinski definition) is 3. The van der Waals surface area contributed by atoms with Crippen LogP contribution in [0.5, 0.6) is 0 Å². The van der Waals surface area contributed by atoms with Gasteiger partial charge in [0.15, 0.2) is 0 Å². The van der Waals surface area contributed by atoms with Gasteiger partial charge in [0.2, 0.25) is 0 Å². The summed E-state index contributed by atoms with van der Waals surface area (Å²) >= 11 is 0. The number of hydrogen-bond donors (Lipinski definition) is 0. The number of rotatable bonds is 5. The molecule has 3 aromatic rings. The first kappa shape index (κ1) is 17.7. The topological polar surface area (TPSA) is 30.3 Å². The zero-order valence-electron chi connectivity index (χ0n) is 16.3. The summed E-state index contributed by atoms with van der Waals surface area (Å²) in [6, 6.07) is 21.1. The van der Waals surface area contributed by atoms with Gasteiger partial charge in [-0.3, -0.25) is 9.58 Å². The van der Waals surface area contributed by atoms with Gasteiger partial charge in [0.25, 0.3) is 0 Å². The molecule has 1 atom stereocenters. The second-order valence-corrected chi connectivity index (χ2v) is 8.32. The lowest BCUT2D eigenvalue weighted by atomic mass is 9.87. The second-order valence-electron chi connectivity index (χ2n) is 8.32. The normalized spacial score (nSPS) is 22.3. The van der Waals surface area contributed by atoms with E-state index in [1.807, 2.05) is 0 Å². The van der Waals surface area contributed by atoms with Crippen LogP contribution in [0.3, 0.4) is 0 Å². The molecular weight excluding hydrogens is 346 g/mol. The van der Waals surface area contributed by atoms with E-state index in [1.54, 1.807) is 0 Å². The quantitative estimate of drug-likeness (QED) is 0.671. The van der Waals surface area contributed by atoms with E-state index in [2.05, 4.69) is 76.4 Å². The number of likely N-dealkylation sites (tertiary alicyclic amines) is 1. The third-order valence-corrected chi connectivity index (χ3v) is 6.17. The summed E-state index contributed by atoms with van der Waals surface area (Å²) in [5, 5.41) is 4.97. The minimum Gasteiger partial charge on any atom is -0.381 e. The van der Waals surface area contributed by atoms with Gasteiger partial charge in [0, 0.05) is 42.4 Å². The van der Waals surface area contributed by atoms with Gasteiger partial charge in [-0.15, -0.1) is 0 Å². The lowest BCUT2D eigenvalue weighted by molar-refractivity contribution is 0.151. The van der Waals surface area contributed by atoms with Crippen molar-refractivity contribution in [2.75, 3.05) is 26.3 Å². The van der Waals surface area contributed by atoms with Crippen molar-refractivity contribution in [2.45, 2.75) is 25.9 Å². The molecule has 4 heteroatoms. The molecular formula is C24H27N3O. The van der Waals surface area contributed by atoms with Crippen molar-refractivity contribution < 1.29 is 4.74 Å². The van der Waals surface area contributed by atoms with Crippen molar-refractivity contribution in [1.29, 1.82) is 0 Å². The maximum Gasteiger partial charge on any atom is 0.0968 e. The van der Waals surface area contributed by atoms with Crippen molar-refractivity contribution in [3.8, 4) is 11.3 Å². The summed E-state index contributed by atoms with van der Waals surface area (Å²) in [5.74, 6) is 0. The van der Waals surface area contributed by atoms with Gasteiger partial charge in [-0.25, -0.2) is 0 Å². The Morgan fingerprint density at radius 1 is 0.929 bits per heavy atom. The fourth-order valence-corrected chi connectivity index (χ4v) is 4.64. The molecule has 0 saturated carbocycles. The third-order valence-electron chi connectivity index (χ3n) is 6.17. The van der Waals surface area contributed by atoms with Gasteiger partial charge in [-0.1, -0.05) is 60.7 Å². The molecule has 144 valence electrons. The van der Waals surface area contributed by atoms with Crippen LogP contribution in [0, 0.1) is 5.41 Å². The molecule has 1 aromatic heterocycles. The Hall–Kier alpha value is -2.43. The van der Waals surface area contributed by atoms with Crippen LogP contribution < -0.4 is 0 Å². The summed E-state index contributed by atoms with van der Waals surface area (Å²) in [7, 11) is 0. The van der Waals surface area contributed by atoms with E-state index in [0.717, 1.165) is 45.1 Å². The summed E-state index contributed by atoms with van der Waals surface area (Å²) in [6.45, 7) is 5.92. The third kappa shape index (κ3) is 3.62. The molecule has 1 unspecified atom stereocenters. The van der Waals surface area contributed by atoms with E-state index in [1.165, 1.54) is 29.5 Å². The Morgan fingerprint density at radius 2 is 1.71 bits per heavy atom. The summed E-state index contributed by atoms with van der Waals surface area (Å²) in [5.41, 5.74) is 5.30. The van der Waals surface area contributed by atoms with Crippen LogP contribution in [0.15, 0.2) is 66.9 Å². The highest BCUT2D eigenvalue weighted by atomic mass is 16.5. The maximum atomic E-state index is 5.70. The van der Waals surface area contributed by atoms with Crippen LogP contribution in [0.4, 0.5) is 0 Å². The average Bonchev–Trinajstić information content (AvgIpc) is 3.46. The molecule has 2 aromatic carbocycles. The SMILES string of the molecule is c1ccc(Cn2cc(CN3CCC4(CCOC4)C3)c(-c3ccccc3)n2)cc1. The molecule has 4 nitrogen and oxygen atoms in total. The molecule has 0 bridgehead atoms. The number of aromatic nitrogens is 2. The zero-order chi connectivity index (χ0) is 18.8. The Bertz CT molecular complexity index is 914. The molecule has 3 heterocycles. The number of nitrogens with zero attached hydrogens (tertiary/aromatic N) is 3. The van der Waals surface area contributed by atoms with Gasteiger partial charge >= 0.3 is 0 Å². The van der Waals surface area contributed by atoms with E-state index in [-0.39, 0.29) is 0 Å². The maximum absolute atomic E-state index is 5.70. The van der Waals surface area contributed by atoms with E-state index < -0.39 is 0 Å². The molecule has 5 rings (SSSR count). The molecule has 2 fully saturated rings. The average molecular weight is 374 g/mol.